The van der Waals surface area contributed by atoms with Gasteiger partial charge < -0.3 is 5.32 Å². The molecule has 7 nitrogen and oxygen atoms in total. The average molecular weight is 397 g/mol. The molecule has 1 aliphatic rings. The molecular weight excluding hydrogens is 364 g/mol. The van der Waals surface area contributed by atoms with Gasteiger partial charge in [0.2, 0.25) is 5.91 Å². The van der Waals surface area contributed by atoms with Crippen molar-refractivity contribution in [2.75, 3.05) is 51.1 Å². The number of piperazine rings is 1. The fraction of sp³-hybridized carbons (Fsp3) is 0.632. The van der Waals surface area contributed by atoms with Crippen LogP contribution in [0.2, 0.25) is 0 Å². The molecule has 0 spiro atoms. The molecular formula is C19H32N4O3S. The number of anilines is 1. The van der Waals surface area contributed by atoms with Crippen molar-refractivity contribution in [2.24, 2.45) is 0 Å². The highest BCUT2D eigenvalue weighted by Crippen LogP contribution is 2.21. The number of carbonyl (C=O) groups excluding carboxylic acids is 1. The summed E-state index contributed by atoms with van der Waals surface area (Å²) in [5.41, 5.74) is 3.07. The van der Waals surface area contributed by atoms with Gasteiger partial charge >= 0.3 is 0 Å². The lowest BCUT2D eigenvalue weighted by molar-refractivity contribution is -0.117. The van der Waals surface area contributed by atoms with Crippen LogP contribution in [0.1, 0.15) is 31.9 Å². The maximum absolute atomic E-state index is 12.6. The highest BCUT2D eigenvalue weighted by atomic mass is 32.2. The lowest BCUT2D eigenvalue weighted by atomic mass is 10.1. The van der Waals surface area contributed by atoms with E-state index in [-0.39, 0.29) is 12.5 Å². The van der Waals surface area contributed by atoms with E-state index in [4.69, 9.17) is 0 Å². The third-order valence-corrected chi connectivity index (χ3v) is 7.25. The molecule has 0 radical (unpaired) electrons. The summed E-state index contributed by atoms with van der Waals surface area (Å²) in [5, 5.41) is 3.03. The van der Waals surface area contributed by atoms with Crippen LogP contribution in [0, 0.1) is 6.92 Å². The molecule has 0 atom stereocenters. The number of nitrogens with zero attached hydrogens (tertiary/aromatic N) is 3. The zero-order chi connectivity index (χ0) is 20.0. The monoisotopic (exact) mass is 396 g/mol. The molecule has 1 aromatic carbocycles. The normalized spacial score (nSPS) is 16.6. The molecule has 0 bridgehead atoms. The Bertz CT molecular complexity index is 739. The van der Waals surface area contributed by atoms with Crippen molar-refractivity contribution in [1.82, 2.24) is 13.5 Å². The number of aryl methyl sites for hydroxylation is 2. The van der Waals surface area contributed by atoms with Crippen LogP contribution in [0.3, 0.4) is 0 Å². The van der Waals surface area contributed by atoms with Crippen molar-refractivity contribution in [3.05, 3.63) is 29.3 Å². The number of carbonyl (C=O) groups is 1. The van der Waals surface area contributed by atoms with Crippen LogP contribution < -0.4 is 5.32 Å². The van der Waals surface area contributed by atoms with Gasteiger partial charge in [-0.2, -0.15) is 17.0 Å². The first kappa shape index (κ1) is 21.8. The minimum atomic E-state index is -3.40. The molecule has 1 N–H and O–H groups in total. The number of para-hydroxylation sites is 1. The molecule has 0 aliphatic carbocycles. The summed E-state index contributed by atoms with van der Waals surface area (Å²) < 4.78 is 28.2. The summed E-state index contributed by atoms with van der Waals surface area (Å²) in [4.78, 5) is 14.5. The predicted molar refractivity (Wildman–Crippen MR) is 109 cm³/mol. The molecule has 1 heterocycles. The van der Waals surface area contributed by atoms with Crippen LogP contribution in [0.15, 0.2) is 18.2 Å². The van der Waals surface area contributed by atoms with Crippen LogP contribution >= 0.6 is 0 Å². The number of rotatable bonds is 8. The van der Waals surface area contributed by atoms with E-state index in [9.17, 15) is 13.2 Å². The quantitative estimate of drug-likeness (QED) is 0.726. The van der Waals surface area contributed by atoms with E-state index in [0.717, 1.165) is 23.2 Å². The maximum atomic E-state index is 12.6. The average Bonchev–Trinajstić information content (AvgIpc) is 2.64. The molecule has 1 amide bonds. The topological polar surface area (TPSA) is 73.0 Å². The lowest BCUT2D eigenvalue weighted by Gasteiger charge is -2.36. The standard InChI is InChI=1S/C19H32N4O3S/c1-5-17-10-8-9-16(4)19(17)20-18(24)15-21-11-13-23(14-12-21)27(25,26)22(6-2)7-3/h8-10H,5-7,11-15H2,1-4H3,(H,20,24). The van der Waals surface area contributed by atoms with Crippen molar-refractivity contribution < 1.29 is 13.2 Å². The summed E-state index contributed by atoms with van der Waals surface area (Å²) in [6.07, 6.45) is 0.860. The number of nitrogens with one attached hydrogen (secondary N) is 1. The van der Waals surface area contributed by atoms with Gasteiger partial charge in [-0.05, 0) is 24.5 Å². The molecule has 152 valence electrons. The largest absolute Gasteiger partial charge is 0.324 e. The predicted octanol–water partition coefficient (Wildman–Crippen LogP) is 1.70. The van der Waals surface area contributed by atoms with Gasteiger partial charge in [-0.3, -0.25) is 9.69 Å². The summed E-state index contributed by atoms with van der Waals surface area (Å²) >= 11 is 0. The SMILES string of the molecule is CCc1cccc(C)c1NC(=O)CN1CCN(S(=O)(=O)N(CC)CC)CC1. The summed E-state index contributed by atoms with van der Waals surface area (Å²) in [6, 6.07) is 6.02. The highest BCUT2D eigenvalue weighted by molar-refractivity contribution is 7.86. The van der Waals surface area contributed by atoms with Crippen LogP contribution in [0.25, 0.3) is 0 Å². The van der Waals surface area contributed by atoms with Crippen molar-refractivity contribution in [3.63, 3.8) is 0 Å². The molecule has 2 rings (SSSR count). The van der Waals surface area contributed by atoms with Gasteiger partial charge in [0.05, 0.1) is 6.54 Å². The minimum absolute atomic E-state index is 0.0564. The Labute approximate surface area is 163 Å². The Morgan fingerprint density at radius 2 is 1.74 bits per heavy atom. The third-order valence-electron chi connectivity index (χ3n) is 5.06. The van der Waals surface area contributed by atoms with Crippen molar-refractivity contribution in [3.8, 4) is 0 Å². The molecule has 1 aliphatic heterocycles. The van der Waals surface area contributed by atoms with E-state index in [2.05, 4.69) is 12.2 Å². The van der Waals surface area contributed by atoms with E-state index >= 15 is 0 Å². The molecule has 0 unspecified atom stereocenters. The summed E-state index contributed by atoms with van der Waals surface area (Å²) in [5.74, 6) is -0.0564. The zero-order valence-corrected chi connectivity index (χ0v) is 17.7. The first-order chi connectivity index (χ1) is 12.8. The zero-order valence-electron chi connectivity index (χ0n) is 16.9. The first-order valence-electron chi connectivity index (χ1n) is 9.69. The van der Waals surface area contributed by atoms with Gasteiger partial charge in [0.25, 0.3) is 10.2 Å². The van der Waals surface area contributed by atoms with Gasteiger partial charge in [0.1, 0.15) is 0 Å². The highest BCUT2D eigenvalue weighted by Gasteiger charge is 2.31. The van der Waals surface area contributed by atoms with E-state index in [1.807, 2.05) is 43.9 Å². The number of hydrogen-bond acceptors (Lipinski definition) is 4. The van der Waals surface area contributed by atoms with Crippen LogP contribution in [0.5, 0.6) is 0 Å². The molecule has 1 aromatic rings. The second-order valence-corrected chi connectivity index (χ2v) is 8.71. The molecule has 8 heteroatoms. The van der Waals surface area contributed by atoms with Crippen molar-refractivity contribution in [1.29, 1.82) is 0 Å². The number of amides is 1. The van der Waals surface area contributed by atoms with Crippen LogP contribution in [0.4, 0.5) is 5.69 Å². The van der Waals surface area contributed by atoms with Gasteiger partial charge in [-0.15, -0.1) is 0 Å². The Kier molecular flexibility index (Phi) is 7.79. The fourth-order valence-corrected chi connectivity index (χ4v) is 5.02. The van der Waals surface area contributed by atoms with E-state index in [1.54, 1.807) is 0 Å². The van der Waals surface area contributed by atoms with Crippen LogP contribution in [-0.2, 0) is 21.4 Å². The fourth-order valence-electron chi connectivity index (χ4n) is 3.42. The summed E-state index contributed by atoms with van der Waals surface area (Å²) in [7, 11) is -3.40. The lowest BCUT2D eigenvalue weighted by Crippen LogP contribution is -2.54. The van der Waals surface area contributed by atoms with Gasteiger partial charge in [-0.25, -0.2) is 0 Å². The van der Waals surface area contributed by atoms with Crippen molar-refractivity contribution >= 4 is 21.8 Å². The van der Waals surface area contributed by atoms with Gasteiger partial charge in [0, 0.05) is 45.0 Å². The smallest absolute Gasteiger partial charge is 0.282 e. The molecule has 27 heavy (non-hydrogen) atoms. The molecule has 1 saturated heterocycles. The van der Waals surface area contributed by atoms with Gasteiger partial charge in [0.15, 0.2) is 0 Å². The third kappa shape index (κ3) is 5.28. The second-order valence-electron chi connectivity index (χ2n) is 6.78. The van der Waals surface area contributed by atoms with Crippen molar-refractivity contribution in [2.45, 2.75) is 34.1 Å². The minimum Gasteiger partial charge on any atom is -0.324 e. The number of hydrogen-bond donors (Lipinski definition) is 1. The summed E-state index contributed by atoms with van der Waals surface area (Å²) in [6.45, 7) is 10.9. The van der Waals surface area contributed by atoms with Gasteiger partial charge in [-0.1, -0.05) is 39.0 Å². The van der Waals surface area contributed by atoms with E-state index < -0.39 is 10.2 Å². The molecule has 0 aromatic heterocycles. The van der Waals surface area contributed by atoms with E-state index in [1.165, 1.54) is 8.61 Å². The Morgan fingerprint density at radius 3 is 2.30 bits per heavy atom. The number of benzene rings is 1. The Hall–Kier alpha value is -1.48. The molecule has 1 fully saturated rings. The Balaban J connectivity index is 1.92. The second kappa shape index (κ2) is 9.64. The first-order valence-corrected chi connectivity index (χ1v) is 11.1. The maximum Gasteiger partial charge on any atom is 0.282 e. The van der Waals surface area contributed by atoms with Crippen LogP contribution in [-0.4, -0.2) is 73.6 Å². The van der Waals surface area contributed by atoms with E-state index in [0.29, 0.717) is 39.3 Å². The Morgan fingerprint density at radius 1 is 1.11 bits per heavy atom. The molecule has 0 saturated carbocycles.